The van der Waals surface area contributed by atoms with Gasteiger partial charge in [-0.3, -0.25) is 0 Å². The van der Waals surface area contributed by atoms with Crippen molar-refractivity contribution in [1.82, 2.24) is 0 Å². The van der Waals surface area contributed by atoms with Gasteiger partial charge in [0.15, 0.2) is 0 Å². The molecule has 0 bridgehead atoms. The maximum Gasteiger partial charge on any atom is 2.00 e. The van der Waals surface area contributed by atoms with Crippen molar-refractivity contribution in [2.24, 2.45) is 17.8 Å². The fourth-order valence-corrected chi connectivity index (χ4v) is 2.43. The van der Waals surface area contributed by atoms with Gasteiger partial charge in [0.1, 0.15) is 0 Å². The molecule has 0 heterocycles. The first-order chi connectivity index (χ1) is 10.6. The Morgan fingerprint density at radius 2 is 1.48 bits per heavy atom. The molecule has 0 amide bonds. The zero-order chi connectivity index (χ0) is 18.4. The van der Waals surface area contributed by atoms with Crippen molar-refractivity contribution in [1.29, 1.82) is 0 Å². The van der Waals surface area contributed by atoms with Crippen LogP contribution >= 0.6 is 0 Å². The number of hydrogen-bond donors (Lipinski definition) is 0. The van der Waals surface area contributed by atoms with Crippen molar-refractivity contribution in [3.63, 3.8) is 0 Å². The Bertz CT molecular complexity index is 149. The monoisotopic (exact) mass is 516 g/mol. The van der Waals surface area contributed by atoms with E-state index in [1.165, 1.54) is 44.9 Å². The minimum absolute atomic E-state index is 0. The van der Waals surface area contributed by atoms with Gasteiger partial charge < -0.3 is 19.0 Å². The third-order valence-electron chi connectivity index (χ3n) is 3.24. The summed E-state index contributed by atoms with van der Waals surface area (Å²) in [5.74, 6) is 2.82. The van der Waals surface area contributed by atoms with E-state index in [0.717, 1.165) is 17.8 Å². The standard InChI is InChI=1S/C13H25.C3H8.2C2H6.CH4S.W/c1-11(2)6-4-8-13-9-5-7-12(3)10-13;1-3-2;3*1-2;/h7,11-13H,4-6,8-10H2,1-3H3;3H2,1-2H3;2*1-2H3;2H,1H3;/q-1;;;;;+2/p-1. The van der Waals surface area contributed by atoms with E-state index in [9.17, 15) is 0 Å². The second-order valence-corrected chi connectivity index (χ2v) is 5.92. The van der Waals surface area contributed by atoms with E-state index in [0.29, 0.717) is 0 Å². The van der Waals surface area contributed by atoms with Crippen LogP contribution in [-0.4, -0.2) is 6.26 Å². The van der Waals surface area contributed by atoms with E-state index in [4.69, 9.17) is 0 Å². The van der Waals surface area contributed by atoms with Gasteiger partial charge in [-0.1, -0.05) is 101 Å². The van der Waals surface area contributed by atoms with Crippen LogP contribution in [0.2, 0.25) is 0 Å². The zero-order valence-electron chi connectivity index (χ0n) is 18.1. The van der Waals surface area contributed by atoms with Crippen molar-refractivity contribution in [3.8, 4) is 0 Å². The van der Waals surface area contributed by atoms with E-state index >= 15 is 0 Å². The molecule has 0 saturated heterocycles. The van der Waals surface area contributed by atoms with Crippen LogP contribution < -0.4 is 0 Å². The summed E-state index contributed by atoms with van der Waals surface area (Å²) in [5, 5.41) is 0. The van der Waals surface area contributed by atoms with Crippen LogP contribution in [0.4, 0.5) is 0 Å². The first-order valence-corrected chi connectivity index (χ1v) is 10.7. The molecule has 1 fully saturated rings. The Morgan fingerprint density at radius 1 is 1.04 bits per heavy atom. The predicted molar refractivity (Wildman–Crippen MR) is 111 cm³/mol. The Balaban J connectivity index is -0.0000000926. The maximum atomic E-state index is 4.08. The van der Waals surface area contributed by atoms with Gasteiger partial charge >= 0.3 is 21.1 Å². The average molecular weight is 517 g/mol. The van der Waals surface area contributed by atoms with Gasteiger partial charge in [-0.2, -0.15) is 18.6 Å². The van der Waals surface area contributed by atoms with Crippen molar-refractivity contribution in [2.45, 2.75) is 107 Å². The molecule has 1 saturated carbocycles. The Kier molecular flexibility index (Phi) is 52.6. The van der Waals surface area contributed by atoms with Crippen molar-refractivity contribution in [3.05, 3.63) is 6.42 Å². The first-order valence-electron chi connectivity index (χ1n) is 9.84. The molecule has 0 N–H and O–H groups in total. The van der Waals surface area contributed by atoms with Crippen LogP contribution in [0, 0.1) is 24.2 Å². The Morgan fingerprint density at radius 3 is 1.83 bits per heavy atom. The molecule has 0 spiro atoms. The summed E-state index contributed by atoms with van der Waals surface area (Å²) < 4.78 is 0. The SMILES string of the molecule is CC.CC.CC(C)CCCC1CC[CH-]C(C)C1.CCC.C[S-].[W+2]. The number of hydrogen-bond acceptors (Lipinski definition) is 1. The molecule has 0 aromatic rings. The minimum Gasteiger partial charge on any atom is -0.796 e. The molecule has 2 heteroatoms. The van der Waals surface area contributed by atoms with Gasteiger partial charge in [0.25, 0.3) is 0 Å². The summed E-state index contributed by atoms with van der Waals surface area (Å²) in [4.78, 5) is 0. The molecule has 2 atom stereocenters. The Hall–Kier alpha value is 1.04. The molecule has 1 aliphatic rings. The van der Waals surface area contributed by atoms with Gasteiger partial charge in [-0.25, -0.2) is 0 Å². The minimum atomic E-state index is 0. The quantitative estimate of drug-likeness (QED) is 0.269. The molecule has 23 heavy (non-hydrogen) atoms. The molecule has 0 aromatic carbocycles. The summed E-state index contributed by atoms with van der Waals surface area (Å²) in [5.41, 5.74) is 0. The number of rotatable bonds is 4. The average Bonchev–Trinajstić information content (AvgIpc) is 2.54. The molecule has 1 rings (SSSR count). The van der Waals surface area contributed by atoms with Crippen molar-refractivity contribution in [2.75, 3.05) is 6.26 Å². The van der Waals surface area contributed by atoms with Crippen molar-refractivity contribution < 1.29 is 21.1 Å². The van der Waals surface area contributed by atoms with Crippen LogP contribution in [0.25, 0.3) is 0 Å². The molecule has 1 aliphatic carbocycles. The molecular formula is C21H48SW. The van der Waals surface area contributed by atoms with Gasteiger partial charge in [0.2, 0.25) is 0 Å². The summed E-state index contributed by atoms with van der Waals surface area (Å²) in [6, 6.07) is 0. The predicted octanol–water partition coefficient (Wildman–Crippen LogP) is 8.08. The summed E-state index contributed by atoms with van der Waals surface area (Å²) in [7, 11) is 0. The van der Waals surface area contributed by atoms with Gasteiger partial charge in [0.05, 0.1) is 0 Å². The van der Waals surface area contributed by atoms with Crippen LogP contribution in [-0.2, 0) is 33.7 Å². The molecule has 2 unspecified atom stereocenters. The second kappa shape index (κ2) is 34.4. The van der Waals surface area contributed by atoms with E-state index in [2.05, 4.69) is 53.7 Å². The zero-order valence-corrected chi connectivity index (χ0v) is 21.8. The third kappa shape index (κ3) is 35.1. The topological polar surface area (TPSA) is 0 Å². The third-order valence-corrected chi connectivity index (χ3v) is 3.24. The normalized spacial score (nSPS) is 18.3. The van der Waals surface area contributed by atoms with Gasteiger partial charge in [-0.05, 0) is 11.8 Å². The fraction of sp³-hybridized carbons (Fsp3) is 0.952. The summed E-state index contributed by atoms with van der Waals surface area (Å²) in [6.07, 6.45) is 14.0. The Labute approximate surface area is 171 Å². The molecule has 0 aromatic heterocycles. The van der Waals surface area contributed by atoms with Crippen LogP contribution in [0.1, 0.15) is 107 Å². The first kappa shape index (κ1) is 35.2. The van der Waals surface area contributed by atoms with E-state index in [1.54, 1.807) is 6.26 Å². The summed E-state index contributed by atoms with van der Waals surface area (Å²) >= 11 is 4.08. The molecule has 0 radical (unpaired) electrons. The van der Waals surface area contributed by atoms with E-state index < -0.39 is 0 Å². The largest absolute Gasteiger partial charge is 2.00 e. The van der Waals surface area contributed by atoms with E-state index in [1.807, 2.05) is 27.7 Å². The van der Waals surface area contributed by atoms with Crippen LogP contribution in [0.5, 0.6) is 0 Å². The van der Waals surface area contributed by atoms with E-state index in [-0.39, 0.29) is 21.1 Å². The van der Waals surface area contributed by atoms with Crippen LogP contribution in [0.15, 0.2) is 0 Å². The fourth-order valence-electron chi connectivity index (χ4n) is 2.43. The second-order valence-electron chi connectivity index (χ2n) is 5.92. The molecule has 0 nitrogen and oxygen atoms in total. The summed E-state index contributed by atoms with van der Waals surface area (Å²) in [6.45, 7) is 19.3. The van der Waals surface area contributed by atoms with Gasteiger partial charge in [0, 0.05) is 0 Å². The van der Waals surface area contributed by atoms with Crippen LogP contribution in [0.3, 0.4) is 0 Å². The van der Waals surface area contributed by atoms with Crippen molar-refractivity contribution >= 4 is 12.6 Å². The molecule has 0 aliphatic heterocycles. The maximum absolute atomic E-state index is 4.08. The van der Waals surface area contributed by atoms with Gasteiger partial charge in [-0.15, -0.1) is 0 Å². The smallest absolute Gasteiger partial charge is 0.796 e. The molecular weight excluding hydrogens is 468 g/mol. The molecule has 144 valence electrons.